The third-order valence-corrected chi connectivity index (χ3v) is 2.58. The van der Waals surface area contributed by atoms with Crippen LogP contribution in [0.15, 0.2) is 10.7 Å². The highest BCUT2D eigenvalue weighted by atomic mass is 79.9. The summed E-state index contributed by atoms with van der Waals surface area (Å²) in [5.74, 6) is 0.693. The molecule has 64 valence electrons. The average molecular weight is 229 g/mol. The molecule has 1 N–H and O–H groups in total. The van der Waals surface area contributed by atoms with Gasteiger partial charge in [0.15, 0.2) is 0 Å². The first kappa shape index (κ1) is 7.86. The van der Waals surface area contributed by atoms with Crippen molar-refractivity contribution in [2.24, 2.45) is 0 Å². The van der Waals surface area contributed by atoms with Crippen LogP contribution in [0.3, 0.4) is 0 Å². The van der Waals surface area contributed by atoms with Crippen molar-refractivity contribution in [3.8, 4) is 5.88 Å². The number of hydrogen-bond acceptors (Lipinski definition) is 3. The lowest BCUT2D eigenvalue weighted by molar-refractivity contribution is 0.309. The summed E-state index contributed by atoms with van der Waals surface area (Å²) >= 11 is 3.36. The number of rotatable bonds is 0. The molecule has 0 atom stereocenters. The number of pyridine rings is 1. The van der Waals surface area contributed by atoms with E-state index in [1.54, 1.807) is 0 Å². The molecule has 0 radical (unpaired) electrons. The van der Waals surface area contributed by atoms with E-state index in [-0.39, 0.29) is 0 Å². The highest BCUT2D eigenvalue weighted by Crippen LogP contribution is 2.28. The zero-order chi connectivity index (χ0) is 8.55. The lowest BCUT2D eigenvalue weighted by Crippen LogP contribution is -2.19. The van der Waals surface area contributed by atoms with Crippen molar-refractivity contribution in [3.05, 3.63) is 16.2 Å². The summed E-state index contributed by atoms with van der Waals surface area (Å²) in [5, 5.41) is 3.22. The molecule has 1 aromatic heterocycles. The van der Waals surface area contributed by atoms with E-state index in [1.165, 1.54) is 0 Å². The van der Waals surface area contributed by atoms with Gasteiger partial charge in [-0.15, -0.1) is 0 Å². The zero-order valence-electron chi connectivity index (χ0n) is 6.72. The third kappa shape index (κ3) is 1.27. The van der Waals surface area contributed by atoms with Crippen molar-refractivity contribution in [2.45, 2.75) is 6.92 Å². The predicted octanol–water partition coefficient (Wildman–Crippen LogP) is 1.96. The molecule has 1 aromatic rings. The van der Waals surface area contributed by atoms with Gasteiger partial charge in [0, 0.05) is 6.54 Å². The molecule has 2 heterocycles. The number of hydrogen-bond donors (Lipinski definition) is 1. The lowest BCUT2D eigenvalue weighted by Gasteiger charge is -2.18. The van der Waals surface area contributed by atoms with Crippen LogP contribution in [0.4, 0.5) is 5.69 Å². The van der Waals surface area contributed by atoms with Gasteiger partial charge in [0.1, 0.15) is 11.2 Å². The van der Waals surface area contributed by atoms with Crippen LogP contribution < -0.4 is 10.1 Å². The van der Waals surface area contributed by atoms with Crippen LogP contribution in [0, 0.1) is 6.92 Å². The minimum absolute atomic E-state index is 0.690. The maximum atomic E-state index is 5.36. The minimum atomic E-state index is 0.690. The van der Waals surface area contributed by atoms with Gasteiger partial charge in [-0.3, -0.25) is 0 Å². The van der Waals surface area contributed by atoms with Gasteiger partial charge < -0.3 is 10.1 Å². The van der Waals surface area contributed by atoms with Crippen LogP contribution in [0.2, 0.25) is 0 Å². The largest absolute Gasteiger partial charge is 0.474 e. The van der Waals surface area contributed by atoms with E-state index in [9.17, 15) is 0 Å². The molecule has 1 aliphatic rings. The molecular weight excluding hydrogens is 220 g/mol. The molecule has 0 spiro atoms. The third-order valence-electron chi connectivity index (χ3n) is 1.77. The summed E-state index contributed by atoms with van der Waals surface area (Å²) in [5.41, 5.74) is 2.11. The van der Waals surface area contributed by atoms with E-state index < -0.39 is 0 Å². The van der Waals surface area contributed by atoms with E-state index in [1.807, 2.05) is 13.0 Å². The van der Waals surface area contributed by atoms with Gasteiger partial charge in [-0.2, -0.15) is 0 Å². The standard InChI is InChI=1S/C8H9BrN2O/c1-5-4-6-8(11-7(5)9)12-3-2-10-6/h4,10H,2-3H2,1H3. The number of fused-ring (bicyclic) bond motifs is 1. The smallest absolute Gasteiger partial charge is 0.238 e. The van der Waals surface area contributed by atoms with Crippen molar-refractivity contribution in [2.75, 3.05) is 18.5 Å². The molecule has 4 heteroatoms. The quantitative estimate of drug-likeness (QED) is 0.690. The average Bonchev–Trinajstić information content (AvgIpc) is 2.07. The number of ether oxygens (including phenoxy) is 1. The van der Waals surface area contributed by atoms with Gasteiger partial charge in [-0.25, -0.2) is 4.98 Å². The van der Waals surface area contributed by atoms with Crippen molar-refractivity contribution in [1.82, 2.24) is 4.98 Å². The summed E-state index contributed by atoms with van der Waals surface area (Å²) in [4.78, 5) is 4.25. The number of anilines is 1. The van der Waals surface area contributed by atoms with Gasteiger partial charge in [0.2, 0.25) is 5.88 Å². The molecule has 0 fully saturated rings. The maximum Gasteiger partial charge on any atom is 0.238 e. The monoisotopic (exact) mass is 228 g/mol. The Morgan fingerprint density at radius 3 is 3.33 bits per heavy atom. The first-order valence-electron chi connectivity index (χ1n) is 3.81. The fourth-order valence-electron chi connectivity index (χ4n) is 1.15. The van der Waals surface area contributed by atoms with Crippen LogP contribution in [0.5, 0.6) is 5.88 Å². The molecule has 0 aromatic carbocycles. The second-order valence-electron chi connectivity index (χ2n) is 2.72. The Morgan fingerprint density at radius 2 is 2.50 bits per heavy atom. The molecule has 0 aliphatic carbocycles. The van der Waals surface area contributed by atoms with Gasteiger partial charge in [-0.1, -0.05) is 0 Å². The Balaban J connectivity index is 2.49. The van der Waals surface area contributed by atoms with Gasteiger partial charge in [0.05, 0.1) is 5.69 Å². The van der Waals surface area contributed by atoms with Crippen molar-refractivity contribution in [3.63, 3.8) is 0 Å². The predicted molar refractivity (Wildman–Crippen MR) is 50.7 cm³/mol. The van der Waals surface area contributed by atoms with Crippen molar-refractivity contribution in [1.29, 1.82) is 0 Å². The van der Waals surface area contributed by atoms with Crippen LogP contribution >= 0.6 is 15.9 Å². The second-order valence-corrected chi connectivity index (χ2v) is 3.48. The van der Waals surface area contributed by atoms with E-state index in [4.69, 9.17) is 4.74 Å². The second kappa shape index (κ2) is 2.94. The first-order chi connectivity index (χ1) is 5.77. The number of aromatic nitrogens is 1. The van der Waals surface area contributed by atoms with Crippen molar-refractivity contribution >= 4 is 21.6 Å². The van der Waals surface area contributed by atoms with E-state index >= 15 is 0 Å². The Bertz CT molecular complexity index is 283. The molecule has 0 amide bonds. The Morgan fingerprint density at radius 1 is 1.67 bits per heavy atom. The molecule has 1 aliphatic heterocycles. The summed E-state index contributed by atoms with van der Waals surface area (Å²) in [6, 6.07) is 2.03. The fraction of sp³-hybridized carbons (Fsp3) is 0.375. The summed E-state index contributed by atoms with van der Waals surface area (Å²) < 4.78 is 6.21. The van der Waals surface area contributed by atoms with E-state index in [2.05, 4.69) is 26.2 Å². The van der Waals surface area contributed by atoms with E-state index in [0.717, 1.165) is 22.4 Å². The number of nitrogens with one attached hydrogen (secondary N) is 1. The molecule has 0 saturated heterocycles. The molecule has 2 rings (SSSR count). The highest BCUT2D eigenvalue weighted by molar-refractivity contribution is 9.10. The molecule has 0 unspecified atom stereocenters. The summed E-state index contributed by atoms with van der Waals surface area (Å²) in [6.07, 6.45) is 0. The van der Waals surface area contributed by atoms with E-state index in [0.29, 0.717) is 12.5 Å². The first-order valence-corrected chi connectivity index (χ1v) is 4.60. The molecule has 0 bridgehead atoms. The lowest BCUT2D eigenvalue weighted by atomic mass is 10.3. The normalized spacial score (nSPS) is 14.5. The molecular formula is C8H9BrN2O. The van der Waals surface area contributed by atoms with Crippen LogP contribution in [0.25, 0.3) is 0 Å². The number of halogens is 1. The highest BCUT2D eigenvalue weighted by Gasteiger charge is 2.12. The summed E-state index contributed by atoms with van der Waals surface area (Å²) in [6.45, 7) is 3.55. The number of nitrogens with zero attached hydrogens (tertiary/aromatic N) is 1. The topological polar surface area (TPSA) is 34.1 Å². The molecule has 3 nitrogen and oxygen atoms in total. The summed E-state index contributed by atoms with van der Waals surface area (Å²) in [7, 11) is 0. The fourth-order valence-corrected chi connectivity index (χ4v) is 1.42. The van der Waals surface area contributed by atoms with Crippen molar-refractivity contribution < 1.29 is 4.74 Å². The Hall–Kier alpha value is -0.770. The molecule has 12 heavy (non-hydrogen) atoms. The van der Waals surface area contributed by atoms with Gasteiger partial charge in [0.25, 0.3) is 0 Å². The minimum Gasteiger partial charge on any atom is -0.474 e. The number of aryl methyl sites for hydroxylation is 1. The maximum absolute atomic E-state index is 5.36. The SMILES string of the molecule is Cc1cc2c(nc1Br)OCCN2. The molecule has 0 saturated carbocycles. The Labute approximate surface area is 79.3 Å². The van der Waals surface area contributed by atoms with Crippen LogP contribution in [0.1, 0.15) is 5.56 Å². The van der Waals surface area contributed by atoms with Crippen LogP contribution in [-0.4, -0.2) is 18.1 Å². The zero-order valence-corrected chi connectivity index (χ0v) is 8.31. The van der Waals surface area contributed by atoms with Crippen LogP contribution in [-0.2, 0) is 0 Å². The van der Waals surface area contributed by atoms with Gasteiger partial charge >= 0.3 is 0 Å². The Kier molecular flexibility index (Phi) is 1.92. The van der Waals surface area contributed by atoms with Gasteiger partial charge in [-0.05, 0) is 34.5 Å².